The summed E-state index contributed by atoms with van der Waals surface area (Å²) >= 11 is 15.9. The maximum atomic E-state index is 13.3. The predicted molar refractivity (Wildman–Crippen MR) is 147 cm³/mol. The lowest BCUT2D eigenvalue weighted by atomic mass is 10.0. The second-order valence-electron chi connectivity index (χ2n) is 8.71. The van der Waals surface area contributed by atoms with Crippen molar-refractivity contribution in [2.45, 2.75) is 37.1 Å². The lowest BCUT2D eigenvalue weighted by molar-refractivity contribution is -0.143. The Labute approximate surface area is 249 Å². The summed E-state index contributed by atoms with van der Waals surface area (Å²) in [5, 5.41) is 5.13. The molecule has 0 saturated carbocycles. The lowest BCUT2D eigenvalue weighted by Crippen LogP contribution is -2.25. The van der Waals surface area contributed by atoms with Gasteiger partial charge in [0.15, 0.2) is 0 Å². The molecule has 0 atom stereocenters. The minimum absolute atomic E-state index is 0.143. The number of benzene rings is 3. The van der Waals surface area contributed by atoms with Gasteiger partial charge in [-0.25, -0.2) is 17.8 Å². The first-order valence-electron chi connectivity index (χ1n) is 11.6. The second-order valence-corrected chi connectivity index (χ2v) is 12.2. The Kier molecular flexibility index (Phi) is 8.87. The third kappa shape index (κ3) is 6.91. The minimum atomic E-state index is -5.21. The highest BCUT2D eigenvalue weighted by molar-refractivity contribution is 9.10. The highest BCUT2D eigenvalue weighted by Gasteiger charge is 2.38. The van der Waals surface area contributed by atoms with Gasteiger partial charge in [0.05, 0.1) is 44.7 Å². The number of nitrogens with one attached hydrogen (secondary N) is 1. The van der Waals surface area contributed by atoms with Crippen molar-refractivity contribution >= 4 is 49.2 Å². The Morgan fingerprint density at radius 1 is 0.902 bits per heavy atom. The van der Waals surface area contributed by atoms with Gasteiger partial charge >= 0.3 is 12.4 Å². The zero-order valence-corrected chi connectivity index (χ0v) is 24.6. The summed E-state index contributed by atoms with van der Waals surface area (Å²) in [7, 11) is -4.85. The Morgan fingerprint density at radius 2 is 1.49 bits per heavy atom. The summed E-state index contributed by atoms with van der Waals surface area (Å²) in [6.45, 7) is 1.25. The van der Waals surface area contributed by atoms with Crippen molar-refractivity contribution in [1.29, 1.82) is 0 Å². The molecule has 0 saturated heterocycles. The molecule has 0 bridgehead atoms. The van der Waals surface area contributed by atoms with Crippen molar-refractivity contribution in [2.24, 2.45) is 0 Å². The molecular formula is C26H18BrCl2F6N3O2S. The van der Waals surface area contributed by atoms with E-state index in [1.165, 1.54) is 10.7 Å². The van der Waals surface area contributed by atoms with Crippen LogP contribution in [-0.2, 0) is 35.3 Å². The van der Waals surface area contributed by atoms with E-state index in [4.69, 9.17) is 23.2 Å². The summed E-state index contributed by atoms with van der Waals surface area (Å²) in [6.07, 6.45) is -10.1. The molecule has 1 heterocycles. The van der Waals surface area contributed by atoms with Gasteiger partial charge in [-0.1, -0.05) is 58.2 Å². The van der Waals surface area contributed by atoms with Crippen molar-refractivity contribution in [1.82, 2.24) is 14.5 Å². The number of nitrogens with zero attached hydrogens (tertiary/aromatic N) is 2. The Balaban J connectivity index is 1.81. The zero-order valence-electron chi connectivity index (χ0n) is 20.7. The number of hydrogen-bond acceptors (Lipinski definition) is 3. The van der Waals surface area contributed by atoms with Crippen LogP contribution < -0.4 is 4.72 Å². The second kappa shape index (κ2) is 11.6. The third-order valence-electron chi connectivity index (χ3n) is 5.98. The first-order valence-corrected chi connectivity index (χ1v) is 14.7. The van der Waals surface area contributed by atoms with E-state index < -0.39 is 44.9 Å². The molecule has 41 heavy (non-hydrogen) atoms. The summed E-state index contributed by atoms with van der Waals surface area (Å²) < 4.78 is 110. The van der Waals surface area contributed by atoms with Gasteiger partial charge in [-0.2, -0.15) is 31.4 Å². The smallest absolute Gasteiger partial charge is 0.231 e. The topological polar surface area (TPSA) is 64.0 Å². The molecule has 0 spiro atoms. The van der Waals surface area contributed by atoms with Gasteiger partial charge in [0.1, 0.15) is 0 Å². The number of rotatable bonds is 7. The van der Waals surface area contributed by atoms with Gasteiger partial charge in [0.2, 0.25) is 10.0 Å². The average molecular weight is 701 g/mol. The molecule has 5 nitrogen and oxygen atoms in total. The van der Waals surface area contributed by atoms with Gasteiger partial charge in [0.25, 0.3) is 0 Å². The Bertz CT molecular complexity index is 1670. The van der Waals surface area contributed by atoms with E-state index >= 15 is 0 Å². The van der Waals surface area contributed by atoms with Crippen LogP contribution in [0.1, 0.15) is 29.3 Å². The van der Waals surface area contributed by atoms with Gasteiger partial charge in [0, 0.05) is 20.6 Å². The highest BCUT2D eigenvalue weighted by Crippen LogP contribution is 2.38. The number of hydrogen-bond donors (Lipinski definition) is 1. The quantitative estimate of drug-likeness (QED) is 0.196. The van der Waals surface area contributed by atoms with Crippen molar-refractivity contribution in [3.05, 3.63) is 97.6 Å². The Hall–Kier alpha value is -2.58. The van der Waals surface area contributed by atoms with Crippen LogP contribution in [0.15, 0.2) is 70.0 Å². The molecular weight excluding hydrogens is 683 g/mol. The van der Waals surface area contributed by atoms with Crippen molar-refractivity contribution in [2.75, 3.05) is 0 Å². The van der Waals surface area contributed by atoms with Gasteiger partial charge in [-0.3, -0.25) is 0 Å². The van der Waals surface area contributed by atoms with E-state index in [2.05, 4.69) is 25.8 Å². The fourth-order valence-electron chi connectivity index (χ4n) is 4.07. The molecule has 4 aromatic rings. The number of halogens is 9. The molecule has 0 fully saturated rings. The predicted octanol–water partition coefficient (Wildman–Crippen LogP) is 8.69. The fraction of sp³-hybridized carbons (Fsp3) is 0.192. The van der Waals surface area contributed by atoms with Crippen LogP contribution in [0.2, 0.25) is 10.0 Å². The molecule has 1 N–H and O–H groups in total. The molecule has 0 aliphatic carbocycles. The number of aromatic nitrogens is 2. The lowest BCUT2D eigenvalue weighted by Gasteiger charge is -2.14. The number of sulfonamides is 1. The molecule has 3 aromatic carbocycles. The monoisotopic (exact) mass is 699 g/mol. The van der Waals surface area contributed by atoms with Gasteiger partial charge < -0.3 is 0 Å². The standard InChI is InChI=1S/C26H18BrCl2F6N3O2S/c1-2-20-22(13-36-41(39,40)19-10-15(25(30,31)32)9-16(11-19)26(33,34)35)37-38(23-8-7-18(28)12-21(23)29)24(20)14-3-5-17(27)6-4-14/h3-12,36H,2,13H2,1H3. The van der Waals surface area contributed by atoms with Crippen LogP contribution >= 0.6 is 39.1 Å². The van der Waals surface area contributed by atoms with Crippen LogP contribution in [-0.4, -0.2) is 18.2 Å². The number of alkyl halides is 6. The SMILES string of the molecule is CCc1c(CNS(=O)(=O)c2cc(C(F)(F)F)cc(C(F)(F)F)c2)nn(-c2ccc(Cl)cc2Cl)c1-c1ccc(Br)cc1. The van der Waals surface area contributed by atoms with E-state index in [0.717, 1.165) is 4.47 Å². The summed E-state index contributed by atoms with van der Waals surface area (Å²) in [6, 6.07) is 12.0. The van der Waals surface area contributed by atoms with Crippen molar-refractivity contribution < 1.29 is 34.8 Å². The van der Waals surface area contributed by atoms with E-state index in [-0.39, 0.29) is 28.9 Å². The normalized spacial score (nSPS) is 12.6. The van der Waals surface area contributed by atoms with E-state index in [0.29, 0.717) is 34.0 Å². The molecule has 15 heteroatoms. The first kappa shape index (κ1) is 31.4. The first-order chi connectivity index (χ1) is 19.0. The zero-order chi connectivity index (χ0) is 30.3. The van der Waals surface area contributed by atoms with Crippen LogP contribution in [0.3, 0.4) is 0 Å². The molecule has 0 aliphatic heterocycles. The molecule has 1 aromatic heterocycles. The van der Waals surface area contributed by atoms with Crippen LogP contribution in [0.5, 0.6) is 0 Å². The maximum absolute atomic E-state index is 13.3. The van der Waals surface area contributed by atoms with Gasteiger partial charge in [-0.05, 0) is 55.0 Å². The van der Waals surface area contributed by atoms with E-state index in [9.17, 15) is 34.8 Å². The fourth-order valence-corrected chi connectivity index (χ4v) is 5.88. The summed E-state index contributed by atoms with van der Waals surface area (Å²) in [4.78, 5) is -1.19. The van der Waals surface area contributed by atoms with Crippen LogP contribution in [0.25, 0.3) is 16.9 Å². The van der Waals surface area contributed by atoms with Crippen LogP contribution in [0.4, 0.5) is 26.3 Å². The average Bonchev–Trinajstić information content (AvgIpc) is 3.25. The maximum Gasteiger partial charge on any atom is 0.416 e. The Morgan fingerprint density at radius 3 is 2.00 bits per heavy atom. The summed E-state index contributed by atoms with van der Waals surface area (Å²) in [5.74, 6) is 0. The van der Waals surface area contributed by atoms with E-state index in [1.807, 2.05) is 0 Å². The third-order valence-corrected chi connectivity index (χ3v) is 8.42. The van der Waals surface area contributed by atoms with Crippen molar-refractivity contribution in [3.63, 3.8) is 0 Å². The highest BCUT2D eigenvalue weighted by atomic mass is 79.9. The van der Waals surface area contributed by atoms with Crippen LogP contribution in [0, 0.1) is 0 Å². The largest absolute Gasteiger partial charge is 0.416 e. The molecule has 0 amide bonds. The molecule has 218 valence electrons. The van der Waals surface area contributed by atoms with Crippen molar-refractivity contribution in [3.8, 4) is 16.9 Å². The summed E-state index contributed by atoms with van der Waals surface area (Å²) in [5.41, 5.74) is -1.10. The molecule has 4 rings (SSSR count). The van der Waals surface area contributed by atoms with Gasteiger partial charge in [-0.15, -0.1) is 0 Å². The molecule has 0 radical (unpaired) electrons. The molecule has 0 aliphatic rings. The molecule has 0 unspecified atom stereocenters. The minimum Gasteiger partial charge on any atom is -0.231 e. The van der Waals surface area contributed by atoms with E-state index in [1.54, 1.807) is 43.3 Å².